The number of carbonyl (C=O) groups is 2. The van der Waals surface area contributed by atoms with E-state index in [0.717, 1.165) is 5.56 Å². The predicted molar refractivity (Wildman–Crippen MR) is 79.8 cm³/mol. The molecule has 2 aromatic rings. The van der Waals surface area contributed by atoms with Crippen molar-refractivity contribution in [3.63, 3.8) is 0 Å². The van der Waals surface area contributed by atoms with E-state index in [1.54, 1.807) is 11.0 Å². The molecule has 0 radical (unpaired) electrons. The molecule has 0 saturated heterocycles. The van der Waals surface area contributed by atoms with Crippen LogP contribution in [0.2, 0.25) is 5.02 Å². The van der Waals surface area contributed by atoms with Crippen molar-refractivity contribution in [3.8, 4) is 0 Å². The second-order valence-electron chi connectivity index (χ2n) is 5.17. The first-order chi connectivity index (χ1) is 10.6. The Balaban J connectivity index is 1.73. The summed E-state index contributed by atoms with van der Waals surface area (Å²) in [6, 6.07) is 7.25. The first-order valence-corrected chi connectivity index (χ1v) is 7.24. The van der Waals surface area contributed by atoms with Gasteiger partial charge in [0.25, 0.3) is 0 Å². The molecule has 0 atom stereocenters. The first kappa shape index (κ1) is 14.6. The Morgan fingerprint density at radius 1 is 1.36 bits per heavy atom. The number of H-pyrrole nitrogens is 1. The van der Waals surface area contributed by atoms with Gasteiger partial charge in [-0.1, -0.05) is 29.8 Å². The number of aromatic nitrogens is 2. The molecule has 6 nitrogen and oxygen atoms in total. The van der Waals surface area contributed by atoms with Gasteiger partial charge in [-0.25, -0.2) is 4.79 Å². The van der Waals surface area contributed by atoms with E-state index in [1.165, 1.54) is 0 Å². The highest BCUT2D eigenvalue weighted by Crippen LogP contribution is 2.22. The van der Waals surface area contributed by atoms with Crippen molar-refractivity contribution in [1.82, 2.24) is 15.1 Å². The summed E-state index contributed by atoms with van der Waals surface area (Å²) in [5.41, 5.74) is 2.22. The molecular weight excluding hydrogens is 306 g/mol. The Bertz CT molecular complexity index is 741. The second-order valence-corrected chi connectivity index (χ2v) is 5.58. The van der Waals surface area contributed by atoms with Crippen LogP contribution < -0.4 is 0 Å². The molecular formula is C15H14ClN3O3. The molecule has 1 aromatic carbocycles. The highest BCUT2D eigenvalue weighted by Gasteiger charge is 2.27. The van der Waals surface area contributed by atoms with E-state index in [9.17, 15) is 9.59 Å². The molecule has 0 unspecified atom stereocenters. The normalized spacial score (nSPS) is 13.8. The van der Waals surface area contributed by atoms with Gasteiger partial charge in [0.2, 0.25) is 5.91 Å². The molecule has 22 heavy (non-hydrogen) atoms. The minimum absolute atomic E-state index is 0.0368. The molecule has 1 amide bonds. The maximum absolute atomic E-state index is 12.4. The fourth-order valence-corrected chi connectivity index (χ4v) is 2.83. The van der Waals surface area contributed by atoms with Crippen LogP contribution in [-0.2, 0) is 24.2 Å². The highest BCUT2D eigenvalue weighted by atomic mass is 35.5. The van der Waals surface area contributed by atoms with Crippen LogP contribution >= 0.6 is 11.6 Å². The molecule has 0 spiro atoms. The molecule has 2 N–H and O–H groups in total. The highest BCUT2D eigenvalue weighted by molar-refractivity contribution is 6.31. The Hall–Kier alpha value is -2.34. The number of carboxylic acids is 1. The Kier molecular flexibility index (Phi) is 3.85. The molecule has 0 bridgehead atoms. The molecule has 2 heterocycles. The van der Waals surface area contributed by atoms with Crippen LogP contribution in [0, 0.1) is 0 Å². The van der Waals surface area contributed by atoms with Crippen LogP contribution in [0.15, 0.2) is 24.3 Å². The van der Waals surface area contributed by atoms with Crippen LogP contribution in [0.5, 0.6) is 0 Å². The number of fused-ring (bicyclic) bond motifs is 1. The molecule has 1 aliphatic heterocycles. The number of rotatable bonds is 3. The van der Waals surface area contributed by atoms with E-state index in [2.05, 4.69) is 10.2 Å². The number of carboxylic acid groups (broad SMARTS) is 1. The van der Waals surface area contributed by atoms with Crippen molar-refractivity contribution in [2.45, 2.75) is 19.4 Å². The van der Waals surface area contributed by atoms with Gasteiger partial charge in [-0.05, 0) is 18.1 Å². The van der Waals surface area contributed by atoms with E-state index in [-0.39, 0.29) is 18.0 Å². The third-order valence-electron chi connectivity index (χ3n) is 3.79. The van der Waals surface area contributed by atoms with Crippen molar-refractivity contribution in [1.29, 1.82) is 0 Å². The number of aromatic carboxylic acids is 1. The third kappa shape index (κ3) is 2.69. The quantitative estimate of drug-likeness (QED) is 0.904. The summed E-state index contributed by atoms with van der Waals surface area (Å²) >= 11 is 6.07. The lowest BCUT2D eigenvalue weighted by atomic mass is 10.0. The fraction of sp³-hybridized carbons (Fsp3) is 0.267. The van der Waals surface area contributed by atoms with Gasteiger partial charge in [-0.15, -0.1) is 0 Å². The van der Waals surface area contributed by atoms with Gasteiger partial charge in [-0.3, -0.25) is 9.89 Å². The second kappa shape index (κ2) is 5.81. The lowest BCUT2D eigenvalue weighted by Gasteiger charge is -2.27. The minimum Gasteiger partial charge on any atom is -0.476 e. The number of nitrogens with one attached hydrogen (secondary N) is 1. The van der Waals surface area contributed by atoms with Crippen molar-refractivity contribution >= 4 is 23.5 Å². The number of carbonyl (C=O) groups excluding carboxylic acids is 1. The van der Waals surface area contributed by atoms with Gasteiger partial charge >= 0.3 is 5.97 Å². The summed E-state index contributed by atoms with van der Waals surface area (Å²) in [6.07, 6.45) is 0.719. The van der Waals surface area contributed by atoms with Gasteiger partial charge in [0, 0.05) is 17.1 Å². The van der Waals surface area contributed by atoms with E-state index in [0.29, 0.717) is 35.8 Å². The fourth-order valence-electron chi connectivity index (χ4n) is 2.62. The molecule has 7 heteroatoms. The minimum atomic E-state index is -1.05. The number of aromatic amines is 1. The molecule has 1 aliphatic rings. The van der Waals surface area contributed by atoms with E-state index in [1.807, 2.05) is 18.2 Å². The van der Waals surface area contributed by atoms with Crippen molar-refractivity contribution in [3.05, 3.63) is 51.8 Å². The number of amides is 1. The average molecular weight is 320 g/mol. The molecule has 3 rings (SSSR count). The van der Waals surface area contributed by atoms with Crippen LogP contribution in [-0.4, -0.2) is 38.6 Å². The molecule has 114 valence electrons. The predicted octanol–water partition coefficient (Wildman–Crippen LogP) is 1.89. The Labute approximate surface area is 131 Å². The summed E-state index contributed by atoms with van der Waals surface area (Å²) in [4.78, 5) is 25.1. The van der Waals surface area contributed by atoms with Gasteiger partial charge < -0.3 is 10.0 Å². The van der Waals surface area contributed by atoms with Crippen LogP contribution in [0.4, 0.5) is 0 Å². The molecule has 0 fully saturated rings. The van der Waals surface area contributed by atoms with E-state index in [4.69, 9.17) is 16.7 Å². The summed E-state index contributed by atoms with van der Waals surface area (Å²) < 4.78 is 0. The van der Waals surface area contributed by atoms with Crippen LogP contribution in [0.3, 0.4) is 0 Å². The number of hydrogen-bond acceptors (Lipinski definition) is 3. The largest absolute Gasteiger partial charge is 0.476 e. The van der Waals surface area contributed by atoms with Crippen molar-refractivity contribution < 1.29 is 14.7 Å². The van der Waals surface area contributed by atoms with Crippen molar-refractivity contribution in [2.24, 2.45) is 0 Å². The summed E-state index contributed by atoms with van der Waals surface area (Å²) in [5.74, 6) is -1.08. The van der Waals surface area contributed by atoms with Gasteiger partial charge in [-0.2, -0.15) is 5.10 Å². The van der Waals surface area contributed by atoms with Gasteiger partial charge in [0.15, 0.2) is 5.69 Å². The average Bonchev–Trinajstić information content (AvgIpc) is 2.92. The zero-order chi connectivity index (χ0) is 15.7. The van der Waals surface area contributed by atoms with Crippen LogP contribution in [0.25, 0.3) is 0 Å². The Morgan fingerprint density at radius 2 is 2.14 bits per heavy atom. The maximum atomic E-state index is 12.4. The van der Waals surface area contributed by atoms with E-state index < -0.39 is 5.97 Å². The third-order valence-corrected chi connectivity index (χ3v) is 4.16. The maximum Gasteiger partial charge on any atom is 0.356 e. The number of hydrogen-bond donors (Lipinski definition) is 2. The topological polar surface area (TPSA) is 86.3 Å². The SMILES string of the molecule is O=C(O)c1n[nH]c2c1CCN(C(=O)Cc1ccccc1Cl)C2. The standard InChI is InChI=1S/C15H14ClN3O3/c16-11-4-2-1-3-9(11)7-13(20)19-6-5-10-12(8-19)17-18-14(10)15(21)22/h1-4H,5-8H2,(H,17,18)(H,21,22). The van der Waals surface area contributed by atoms with Crippen LogP contribution in [0.1, 0.15) is 27.3 Å². The molecule has 0 aliphatic carbocycles. The smallest absolute Gasteiger partial charge is 0.356 e. The number of benzene rings is 1. The summed E-state index contributed by atoms with van der Waals surface area (Å²) in [6.45, 7) is 0.828. The molecule has 0 saturated carbocycles. The summed E-state index contributed by atoms with van der Waals surface area (Å²) in [5, 5.41) is 16.1. The van der Waals surface area contributed by atoms with Gasteiger partial charge in [0.05, 0.1) is 18.7 Å². The number of nitrogens with zero attached hydrogens (tertiary/aromatic N) is 2. The monoisotopic (exact) mass is 319 g/mol. The summed E-state index contributed by atoms with van der Waals surface area (Å²) in [7, 11) is 0. The number of halogens is 1. The first-order valence-electron chi connectivity index (χ1n) is 6.87. The Morgan fingerprint density at radius 3 is 2.86 bits per heavy atom. The van der Waals surface area contributed by atoms with Gasteiger partial charge in [0.1, 0.15) is 0 Å². The van der Waals surface area contributed by atoms with E-state index >= 15 is 0 Å². The molecule has 1 aromatic heterocycles. The lowest BCUT2D eigenvalue weighted by Crippen LogP contribution is -2.37. The van der Waals surface area contributed by atoms with Crippen molar-refractivity contribution in [2.75, 3.05) is 6.54 Å². The lowest BCUT2D eigenvalue weighted by molar-refractivity contribution is -0.131. The zero-order valence-corrected chi connectivity index (χ0v) is 12.4. The zero-order valence-electron chi connectivity index (χ0n) is 11.7.